The highest BCUT2D eigenvalue weighted by atomic mass is 16.7. The molecule has 0 saturated carbocycles. The molecule has 0 unspecified atom stereocenters. The molecule has 0 aromatic rings. The zero-order valence-electron chi connectivity index (χ0n) is 11.1. The van der Waals surface area contributed by atoms with Gasteiger partial charge in [0.1, 0.15) is 11.4 Å². The molecular formula is C11H19N3O4. The number of ether oxygens (including phenoxy) is 1. The van der Waals surface area contributed by atoms with Gasteiger partial charge < -0.3 is 20.2 Å². The van der Waals surface area contributed by atoms with Crippen LogP contribution < -0.4 is 5.73 Å². The molecule has 7 heteroatoms. The molecule has 102 valence electrons. The van der Waals surface area contributed by atoms with E-state index in [1.807, 2.05) is 0 Å². The summed E-state index contributed by atoms with van der Waals surface area (Å²) in [6.45, 7) is 7.50. The van der Waals surface area contributed by atoms with Gasteiger partial charge in [-0.3, -0.25) is 0 Å². The number of amidine groups is 1. The van der Waals surface area contributed by atoms with Gasteiger partial charge in [-0.05, 0) is 20.8 Å². The standard InChI is InChI=1S/C11H19N3O4/c1-7(15)18-13-9(12)8-5-14(6-8)10(16)17-11(2,3)4/h8H,5-6H2,1-4H3,(H2,12,13). The predicted octanol–water partition coefficient (Wildman–Crippen LogP) is 0.689. The molecule has 2 N–H and O–H groups in total. The Morgan fingerprint density at radius 3 is 2.33 bits per heavy atom. The minimum absolute atomic E-state index is 0.0862. The summed E-state index contributed by atoms with van der Waals surface area (Å²) in [4.78, 5) is 28.1. The predicted molar refractivity (Wildman–Crippen MR) is 64.7 cm³/mol. The van der Waals surface area contributed by atoms with Crippen molar-refractivity contribution in [2.45, 2.75) is 33.3 Å². The third-order valence-electron chi connectivity index (χ3n) is 2.23. The fourth-order valence-electron chi connectivity index (χ4n) is 1.33. The van der Waals surface area contributed by atoms with Gasteiger partial charge in [0, 0.05) is 20.0 Å². The molecule has 0 spiro atoms. The maximum atomic E-state index is 11.6. The molecular weight excluding hydrogens is 238 g/mol. The third-order valence-corrected chi connectivity index (χ3v) is 2.23. The summed E-state index contributed by atoms with van der Waals surface area (Å²) in [5, 5.41) is 3.48. The number of likely N-dealkylation sites (tertiary alicyclic amines) is 1. The molecule has 1 rings (SSSR count). The monoisotopic (exact) mass is 257 g/mol. The van der Waals surface area contributed by atoms with Gasteiger partial charge in [-0.25, -0.2) is 9.59 Å². The van der Waals surface area contributed by atoms with Gasteiger partial charge in [0.25, 0.3) is 0 Å². The van der Waals surface area contributed by atoms with E-state index in [2.05, 4.69) is 9.99 Å². The molecule has 1 aliphatic rings. The van der Waals surface area contributed by atoms with Crippen molar-refractivity contribution < 1.29 is 19.2 Å². The number of amides is 1. The Hall–Kier alpha value is -1.79. The first kappa shape index (κ1) is 14.3. The van der Waals surface area contributed by atoms with Gasteiger partial charge in [0.15, 0.2) is 0 Å². The number of nitrogens with two attached hydrogens (primary N) is 1. The zero-order valence-corrected chi connectivity index (χ0v) is 11.1. The summed E-state index contributed by atoms with van der Waals surface area (Å²) < 4.78 is 5.19. The summed E-state index contributed by atoms with van der Waals surface area (Å²) >= 11 is 0. The van der Waals surface area contributed by atoms with Crippen LogP contribution in [-0.2, 0) is 14.4 Å². The van der Waals surface area contributed by atoms with E-state index in [9.17, 15) is 9.59 Å². The largest absolute Gasteiger partial charge is 0.444 e. The highest BCUT2D eigenvalue weighted by Gasteiger charge is 2.36. The summed E-state index contributed by atoms with van der Waals surface area (Å²) in [6.07, 6.45) is -0.376. The van der Waals surface area contributed by atoms with Gasteiger partial charge in [0.2, 0.25) is 0 Å². The molecule has 18 heavy (non-hydrogen) atoms. The second kappa shape index (κ2) is 5.24. The Balaban J connectivity index is 2.37. The van der Waals surface area contributed by atoms with E-state index < -0.39 is 11.6 Å². The lowest BCUT2D eigenvalue weighted by molar-refractivity contribution is -0.141. The van der Waals surface area contributed by atoms with Crippen LogP contribution in [0.4, 0.5) is 4.79 Å². The number of hydrogen-bond donors (Lipinski definition) is 1. The molecule has 0 radical (unpaired) electrons. The van der Waals surface area contributed by atoms with Crippen LogP contribution in [0.5, 0.6) is 0 Å². The van der Waals surface area contributed by atoms with Gasteiger partial charge >= 0.3 is 12.1 Å². The van der Waals surface area contributed by atoms with Crippen molar-refractivity contribution >= 4 is 17.9 Å². The highest BCUT2D eigenvalue weighted by molar-refractivity contribution is 5.86. The molecule has 7 nitrogen and oxygen atoms in total. The Labute approximate surface area is 106 Å². The van der Waals surface area contributed by atoms with E-state index in [0.717, 1.165) is 0 Å². The van der Waals surface area contributed by atoms with Crippen molar-refractivity contribution in [2.24, 2.45) is 16.8 Å². The number of hydrogen-bond acceptors (Lipinski definition) is 5. The molecule has 1 aliphatic heterocycles. The Morgan fingerprint density at radius 2 is 1.89 bits per heavy atom. The Kier molecular flexibility index (Phi) is 4.15. The highest BCUT2D eigenvalue weighted by Crippen LogP contribution is 2.19. The number of oxime groups is 1. The van der Waals surface area contributed by atoms with Crippen molar-refractivity contribution in [3.8, 4) is 0 Å². The maximum Gasteiger partial charge on any atom is 0.410 e. The second-order valence-electron chi connectivity index (χ2n) is 5.18. The molecule has 0 aliphatic carbocycles. The van der Waals surface area contributed by atoms with Gasteiger partial charge in [-0.15, -0.1) is 0 Å². The van der Waals surface area contributed by atoms with Gasteiger partial charge in [-0.1, -0.05) is 5.16 Å². The molecule has 1 saturated heterocycles. The number of nitrogens with zero attached hydrogens (tertiary/aromatic N) is 2. The first-order valence-electron chi connectivity index (χ1n) is 5.68. The van der Waals surface area contributed by atoms with Crippen molar-refractivity contribution in [1.82, 2.24) is 4.90 Å². The van der Waals surface area contributed by atoms with Crippen molar-refractivity contribution in [3.05, 3.63) is 0 Å². The molecule has 1 heterocycles. The number of carbonyl (C=O) groups excluding carboxylic acids is 2. The lowest BCUT2D eigenvalue weighted by Gasteiger charge is -2.38. The second-order valence-corrected chi connectivity index (χ2v) is 5.18. The molecule has 1 fully saturated rings. The van der Waals surface area contributed by atoms with Crippen molar-refractivity contribution in [2.75, 3.05) is 13.1 Å². The minimum atomic E-state index is -0.527. The van der Waals surface area contributed by atoms with E-state index >= 15 is 0 Å². The molecule has 0 aromatic heterocycles. The summed E-state index contributed by atoms with van der Waals surface area (Å²) in [5.74, 6) is -0.400. The van der Waals surface area contributed by atoms with E-state index in [1.165, 1.54) is 11.8 Å². The van der Waals surface area contributed by atoms with Crippen LogP contribution in [-0.4, -0.2) is 41.5 Å². The lowest BCUT2D eigenvalue weighted by atomic mass is 10.00. The smallest absolute Gasteiger partial charge is 0.410 e. The number of rotatable bonds is 2. The SMILES string of the molecule is CC(=O)O/N=C(\N)C1CN(C(=O)OC(C)(C)C)C1. The summed E-state index contributed by atoms with van der Waals surface area (Å²) in [5.41, 5.74) is 5.10. The van der Waals surface area contributed by atoms with Crippen LogP contribution in [0.1, 0.15) is 27.7 Å². The average molecular weight is 257 g/mol. The van der Waals surface area contributed by atoms with E-state index in [1.54, 1.807) is 20.8 Å². The van der Waals surface area contributed by atoms with Crippen LogP contribution in [0.2, 0.25) is 0 Å². The van der Waals surface area contributed by atoms with Crippen LogP contribution >= 0.6 is 0 Å². The van der Waals surface area contributed by atoms with Crippen molar-refractivity contribution in [1.29, 1.82) is 0 Å². The molecule has 1 amide bonds. The fraction of sp³-hybridized carbons (Fsp3) is 0.727. The summed E-state index contributed by atoms with van der Waals surface area (Å²) in [7, 11) is 0. The van der Waals surface area contributed by atoms with Crippen LogP contribution in [0.25, 0.3) is 0 Å². The molecule has 0 bridgehead atoms. The third kappa shape index (κ3) is 4.23. The van der Waals surface area contributed by atoms with Gasteiger partial charge in [-0.2, -0.15) is 0 Å². The topological polar surface area (TPSA) is 94.2 Å². The first-order valence-corrected chi connectivity index (χ1v) is 5.68. The first-order chi connectivity index (χ1) is 8.19. The van der Waals surface area contributed by atoms with Crippen LogP contribution in [0.3, 0.4) is 0 Å². The van der Waals surface area contributed by atoms with E-state index in [-0.39, 0.29) is 17.8 Å². The van der Waals surface area contributed by atoms with Gasteiger partial charge in [0.05, 0.1) is 5.92 Å². The minimum Gasteiger partial charge on any atom is -0.444 e. The van der Waals surface area contributed by atoms with E-state index in [0.29, 0.717) is 13.1 Å². The number of carbonyl (C=O) groups is 2. The molecule has 0 aromatic carbocycles. The fourth-order valence-corrected chi connectivity index (χ4v) is 1.33. The van der Waals surface area contributed by atoms with Crippen LogP contribution in [0.15, 0.2) is 5.16 Å². The quantitative estimate of drug-likeness (QED) is 0.340. The zero-order chi connectivity index (χ0) is 13.9. The van der Waals surface area contributed by atoms with Crippen LogP contribution in [0, 0.1) is 5.92 Å². The molecule has 0 atom stereocenters. The Bertz CT molecular complexity index is 367. The summed E-state index contributed by atoms with van der Waals surface area (Å²) in [6, 6.07) is 0. The normalized spacial score (nSPS) is 17.1. The van der Waals surface area contributed by atoms with Crippen molar-refractivity contribution in [3.63, 3.8) is 0 Å². The van der Waals surface area contributed by atoms with E-state index in [4.69, 9.17) is 10.5 Å². The Morgan fingerprint density at radius 1 is 1.33 bits per heavy atom. The maximum absolute atomic E-state index is 11.6. The lowest BCUT2D eigenvalue weighted by Crippen LogP contribution is -2.55. The average Bonchev–Trinajstić information content (AvgIpc) is 2.08.